The van der Waals surface area contributed by atoms with Crippen molar-refractivity contribution in [1.29, 1.82) is 0 Å². The molecule has 1 unspecified atom stereocenters. The molecular weight excluding hydrogens is 150 g/mol. The summed E-state index contributed by atoms with van der Waals surface area (Å²) in [5, 5.41) is 0. The SMILES string of the molecule is CC1c2ccccc2OCN1C. The number of fused-ring (bicyclic) bond motifs is 1. The molecule has 0 spiro atoms. The highest BCUT2D eigenvalue weighted by Gasteiger charge is 2.20. The zero-order valence-corrected chi connectivity index (χ0v) is 7.45. The van der Waals surface area contributed by atoms with Crippen molar-refractivity contribution in [1.82, 2.24) is 4.90 Å². The highest BCUT2D eigenvalue weighted by molar-refractivity contribution is 5.36. The lowest BCUT2D eigenvalue weighted by Crippen LogP contribution is -2.31. The van der Waals surface area contributed by atoms with E-state index in [9.17, 15) is 0 Å². The van der Waals surface area contributed by atoms with E-state index in [4.69, 9.17) is 4.74 Å². The Bertz CT molecular complexity index is 285. The van der Waals surface area contributed by atoms with Crippen molar-refractivity contribution in [2.24, 2.45) is 0 Å². The van der Waals surface area contributed by atoms with E-state index in [1.54, 1.807) is 0 Å². The van der Waals surface area contributed by atoms with E-state index >= 15 is 0 Å². The van der Waals surface area contributed by atoms with E-state index in [0.717, 1.165) is 5.75 Å². The van der Waals surface area contributed by atoms with Gasteiger partial charge in [0, 0.05) is 11.6 Å². The fourth-order valence-electron chi connectivity index (χ4n) is 1.48. The molecule has 0 saturated heterocycles. The molecule has 1 heterocycles. The van der Waals surface area contributed by atoms with Crippen LogP contribution in [0.3, 0.4) is 0 Å². The molecular formula is C10H13NO. The van der Waals surface area contributed by atoms with Crippen molar-refractivity contribution in [3.8, 4) is 5.75 Å². The van der Waals surface area contributed by atoms with E-state index in [-0.39, 0.29) is 0 Å². The maximum atomic E-state index is 5.53. The summed E-state index contributed by atoms with van der Waals surface area (Å²) in [6.07, 6.45) is 0. The predicted octanol–water partition coefficient (Wildman–Crippen LogP) is 2.03. The van der Waals surface area contributed by atoms with Gasteiger partial charge in [-0.05, 0) is 20.0 Å². The zero-order chi connectivity index (χ0) is 8.55. The number of para-hydroxylation sites is 1. The minimum atomic E-state index is 0.468. The minimum absolute atomic E-state index is 0.468. The fourth-order valence-corrected chi connectivity index (χ4v) is 1.48. The molecule has 1 aliphatic heterocycles. The van der Waals surface area contributed by atoms with Gasteiger partial charge in [0.2, 0.25) is 0 Å². The first-order valence-corrected chi connectivity index (χ1v) is 4.21. The van der Waals surface area contributed by atoms with Crippen LogP contribution in [0.5, 0.6) is 5.75 Å². The standard InChI is InChI=1S/C10H13NO/c1-8-9-5-3-4-6-10(9)12-7-11(8)2/h3-6,8H,7H2,1-2H3. The molecule has 1 aromatic rings. The number of hydrogen-bond donors (Lipinski definition) is 0. The Balaban J connectivity index is 2.42. The fraction of sp³-hybridized carbons (Fsp3) is 0.400. The summed E-state index contributed by atoms with van der Waals surface area (Å²) in [6.45, 7) is 2.89. The van der Waals surface area contributed by atoms with Gasteiger partial charge >= 0.3 is 0 Å². The maximum Gasteiger partial charge on any atom is 0.142 e. The van der Waals surface area contributed by atoms with Crippen molar-refractivity contribution < 1.29 is 4.74 Å². The van der Waals surface area contributed by atoms with Crippen molar-refractivity contribution in [2.45, 2.75) is 13.0 Å². The van der Waals surface area contributed by atoms with Crippen LogP contribution in [0.15, 0.2) is 24.3 Å². The Morgan fingerprint density at radius 1 is 1.42 bits per heavy atom. The number of ether oxygens (including phenoxy) is 1. The second-order valence-electron chi connectivity index (χ2n) is 3.24. The topological polar surface area (TPSA) is 12.5 Å². The third-order valence-electron chi connectivity index (χ3n) is 2.45. The second-order valence-corrected chi connectivity index (χ2v) is 3.24. The summed E-state index contributed by atoms with van der Waals surface area (Å²) in [6, 6.07) is 8.68. The molecule has 1 aromatic carbocycles. The molecule has 2 heteroatoms. The average molecular weight is 163 g/mol. The molecule has 0 bridgehead atoms. The van der Waals surface area contributed by atoms with E-state index in [0.29, 0.717) is 12.8 Å². The van der Waals surface area contributed by atoms with Gasteiger partial charge in [0.15, 0.2) is 0 Å². The molecule has 12 heavy (non-hydrogen) atoms. The molecule has 0 N–H and O–H groups in total. The van der Waals surface area contributed by atoms with Crippen LogP contribution in [0.25, 0.3) is 0 Å². The molecule has 64 valence electrons. The summed E-state index contributed by atoms with van der Waals surface area (Å²) in [4.78, 5) is 2.18. The number of benzene rings is 1. The van der Waals surface area contributed by atoms with Crippen molar-refractivity contribution >= 4 is 0 Å². The molecule has 1 aliphatic rings. The lowest BCUT2D eigenvalue weighted by molar-refractivity contribution is 0.0907. The Labute approximate surface area is 72.8 Å². The van der Waals surface area contributed by atoms with Gasteiger partial charge in [0.1, 0.15) is 12.5 Å². The molecule has 0 aromatic heterocycles. The van der Waals surface area contributed by atoms with E-state index in [1.165, 1.54) is 5.56 Å². The summed E-state index contributed by atoms with van der Waals surface area (Å²) in [7, 11) is 2.07. The quantitative estimate of drug-likeness (QED) is 0.580. The van der Waals surface area contributed by atoms with Gasteiger partial charge in [-0.15, -0.1) is 0 Å². The Morgan fingerprint density at radius 3 is 3.00 bits per heavy atom. The van der Waals surface area contributed by atoms with Crippen LogP contribution in [-0.2, 0) is 0 Å². The lowest BCUT2D eigenvalue weighted by Gasteiger charge is -2.31. The van der Waals surface area contributed by atoms with Crippen molar-refractivity contribution in [3.05, 3.63) is 29.8 Å². The van der Waals surface area contributed by atoms with Crippen LogP contribution in [0.1, 0.15) is 18.5 Å². The van der Waals surface area contributed by atoms with Crippen molar-refractivity contribution in [2.75, 3.05) is 13.8 Å². The van der Waals surface area contributed by atoms with Gasteiger partial charge < -0.3 is 4.74 Å². The van der Waals surface area contributed by atoms with Crippen LogP contribution < -0.4 is 4.74 Å². The smallest absolute Gasteiger partial charge is 0.142 e. The van der Waals surface area contributed by atoms with Gasteiger partial charge in [-0.1, -0.05) is 18.2 Å². The van der Waals surface area contributed by atoms with Crippen LogP contribution in [0, 0.1) is 0 Å². The summed E-state index contributed by atoms with van der Waals surface area (Å²) in [5.41, 5.74) is 1.28. The third-order valence-corrected chi connectivity index (χ3v) is 2.45. The number of rotatable bonds is 0. The van der Waals surface area contributed by atoms with E-state index in [1.807, 2.05) is 12.1 Å². The molecule has 0 aliphatic carbocycles. The Kier molecular flexibility index (Phi) is 1.77. The van der Waals surface area contributed by atoms with Gasteiger partial charge in [-0.25, -0.2) is 0 Å². The number of nitrogens with zero attached hydrogens (tertiary/aromatic N) is 1. The van der Waals surface area contributed by atoms with E-state index < -0.39 is 0 Å². The molecule has 1 atom stereocenters. The van der Waals surface area contributed by atoms with Crippen LogP contribution in [-0.4, -0.2) is 18.7 Å². The Hall–Kier alpha value is -1.02. The maximum absolute atomic E-state index is 5.53. The third kappa shape index (κ3) is 1.08. The largest absolute Gasteiger partial charge is 0.478 e. The van der Waals surface area contributed by atoms with Gasteiger partial charge in [-0.2, -0.15) is 0 Å². The van der Waals surface area contributed by atoms with Gasteiger partial charge in [0.05, 0.1) is 0 Å². The minimum Gasteiger partial charge on any atom is -0.478 e. The molecule has 2 rings (SSSR count). The number of hydrogen-bond acceptors (Lipinski definition) is 2. The predicted molar refractivity (Wildman–Crippen MR) is 48.1 cm³/mol. The first kappa shape index (κ1) is 7.62. The second kappa shape index (κ2) is 2.79. The first-order chi connectivity index (χ1) is 5.79. The van der Waals surface area contributed by atoms with Crippen LogP contribution >= 0.6 is 0 Å². The van der Waals surface area contributed by atoms with Gasteiger partial charge in [-0.3, -0.25) is 4.90 Å². The lowest BCUT2D eigenvalue weighted by atomic mass is 10.1. The monoisotopic (exact) mass is 163 g/mol. The highest BCUT2D eigenvalue weighted by Crippen LogP contribution is 2.31. The average Bonchev–Trinajstić information content (AvgIpc) is 2.12. The summed E-state index contributed by atoms with van der Waals surface area (Å²) in [5.74, 6) is 1.03. The van der Waals surface area contributed by atoms with Crippen LogP contribution in [0.4, 0.5) is 0 Å². The first-order valence-electron chi connectivity index (χ1n) is 4.21. The molecule has 0 amide bonds. The molecule has 2 nitrogen and oxygen atoms in total. The van der Waals surface area contributed by atoms with Crippen LogP contribution in [0.2, 0.25) is 0 Å². The normalized spacial score (nSPS) is 23.0. The highest BCUT2D eigenvalue weighted by atomic mass is 16.5. The molecule has 0 saturated carbocycles. The Morgan fingerprint density at radius 2 is 2.17 bits per heavy atom. The van der Waals surface area contributed by atoms with Gasteiger partial charge in [0.25, 0.3) is 0 Å². The summed E-state index contributed by atoms with van der Waals surface area (Å²) >= 11 is 0. The van der Waals surface area contributed by atoms with Crippen molar-refractivity contribution in [3.63, 3.8) is 0 Å². The van der Waals surface area contributed by atoms with E-state index in [2.05, 4.69) is 31.0 Å². The molecule has 0 radical (unpaired) electrons. The zero-order valence-electron chi connectivity index (χ0n) is 7.45. The summed E-state index contributed by atoms with van der Waals surface area (Å²) < 4.78 is 5.53. The molecule has 0 fully saturated rings.